The zero-order valence-corrected chi connectivity index (χ0v) is 10.2. The van der Waals surface area contributed by atoms with E-state index in [1.54, 1.807) is 23.6 Å². The molecule has 0 saturated heterocycles. The van der Waals surface area contributed by atoms with Crippen LogP contribution in [-0.4, -0.2) is 9.97 Å². The van der Waals surface area contributed by atoms with Crippen molar-refractivity contribution in [2.24, 2.45) is 5.84 Å². The molecule has 3 N–H and O–H groups in total. The standard InChI is InChI=1S/C11H13FN4S/c1-7-15-8(6-17-7)4-11(16-13)9-2-3-14-5-10(9)12/h2-3,5-6,11,16H,4,13H2,1H3. The number of aromatic nitrogens is 2. The first kappa shape index (κ1) is 12.1. The quantitative estimate of drug-likeness (QED) is 0.642. The molecule has 0 fully saturated rings. The zero-order chi connectivity index (χ0) is 12.3. The van der Waals surface area contributed by atoms with Crippen LogP contribution in [0.3, 0.4) is 0 Å². The molecule has 0 aliphatic rings. The maximum atomic E-state index is 13.6. The van der Waals surface area contributed by atoms with Crippen molar-refractivity contribution in [3.63, 3.8) is 0 Å². The molecule has 1 unspecified atom stereocenters. The number of hydrazine groups is 1. The third-order valence-corrected chi connectivity index (χ3v) is 3.28. The molecule has 0 aliphatic carbocycles. The van der Waals surface area contributed by atoms with Crippen LogP contribution in [0, 0.1) is 12.7 Å². The highest BCUT2D eigenvalue weighted by Crippen LogP contribution is 2.20. The minimum atomic E-state index is -0.359. The number of aryl methyl sites for hydroxylation is 1. The third-order valence-electron chi connectivity index (χ3n) is 2.46. The van der Waals surface area contributed by atoms with E-state index in [1.807, 2.05) is 12.3 Å². The second-order valence-corrected chi connectivity index (χ2v) is 4.74. The van der Waals surface area contributed by atoms with Crippen LogP contribution in [0.1, 0.15) is 22.3 Å². The zero-order valence-electron chi connectivity index (χ0n) is 9.35. The summed E-state index contributed by atoms with van der Waals surface area (Å²) in [5, 5.41) is 2.95. The second kappa shape index (κ2) is 5.31. The van der Waals surface area contributed by atoms with Gasteiger partial charge in [0.2, 0.25) is 0 Å². The fourth-order valence-corrected chi connectivity index (χ4v) is 2.26. The number of nitrogens with two attached hydrogens (primary N) is 1. The lowest BCUT2D eigenvalue weighted by Gasteiger charge is -2.15. The molecule has 17 heavy (non-hydrogen) atoms. The average Bonchev–Trinajstić information content (AvgIpc) is 2.73. The van der Waals surface area contributed by atoms with Gasteiger partial charge in [-0.2, -0.15) is 0 Å². The predicted octanol–water partition coefficient (Wildman–Crippen LogP) is 1.73. The molecule has 2 aromatic heterocycles. The van der Waals surface area contributed by atoms with Gasteiger partial charge in [-0.3, -0.25) is 16.3 Å². The Bertz CT molecular complexity index is 500. The van der Waals surface area contributed by atoms with Crippen molar-refractivity contribution in [2.45, 2.75) is 19.4 Å². The van der Waals surface area contributed by atoms with E-state index >= 15 is 0 Å². The largest absolute Gasteiger partial charge is 0.271 e. The van der Waals surface area contributed by atoms with Crippen LogP contribution in [0.2, 0.25) is 0 Å². The molecular formula is C11H13FN4S. The highest BCUT2D eigenvalue weighted by atomic mass is 32.1. The Morgan fingerprint density at radius 2 is 2.41 bits per heavy atom. The summed E-state index contributed by atoms with van der Waals surface area (Å²) in [5.41, 5.74) is 4.03. The van der Waals surface area contributed by atoms with E-state index in [0.717, 1.165) is 10.7 Å². The molecule has 1 atom stereocenters. The van der Waals surface area contributed by atoms with Gasteiger partial charge < -0.3 is 0 Å². The van der Waals surface area contributed by atoms with Gasteiger partial charge in [-0.05, 0) is 13.0 Å². The fraction of sp³-hybridized carbons (Fsp3) is 0.273. The summed E-state index contributed by atoms with van der Waals surface area (Å²) in [7, 11) is 0. The summed E-state index contributed by atoms with van der Waals surface area (Å²) in [6.07, 6.45) is 3.29. The van der Waals surface area contributed by atoms with Gasteiger partial charge >= 0.3 is 0 Å². The highest BCUT2D eigenvalue weighted by molar-refractivity contribution is 7.09. The van der Waals surface area contributed by atoms with Crippen LogP contribution in [0.25, 0.3) is 0 Å². The monoisotopic (exact) mass is 252 g/mol. The summed E-state index contributed by atoms with van der Waals surface area (Å²) in [6.45, 7) is 1.94. The molecule has 4 nitrogen and oxygen atoms in total. The fourth-order valence-electron chi connectivity index (χ4n) is 1.64. The molecular weight excluding hydrogens is 239 g/mol. The molecule has 2 rings (SSSR count). The number of rotatable bonds is 4. The molecule has 0 aromatic carbocycles. The maximum absolute atomic E-state index is 13.6. The number of nitrogens with one attached hydrogen (secondary N) is 1. The lowest BCUT2D eigenvalue weighted by molar-refractivity contribution is 0.505. The van der Waals surface area contributed by atoms with Crippen molar-refractivity contribution in [1.82, 2.24) is 15.4 Å². The van der Waals surface area contributed by atoms with E-state index in [9.17, 15) is 4.39 Å². The first-order valence-corrected chi connectivity index (χ1v) is 6.05. The molecule has 0 aliphatic heterocycles. The summed E-state index contributed by atoms with van der Waals surface area (Å²) in [5.74, 6) is 5.11. The van der Waals surface area contributed by atoms with Crippen molar-refractivity contribution in [3.05, 3.63) is 45.9 Å². The number of hydrogen-bond acceptors (Lipinski definition) is 5. The first-order valence-electron chi connectivity index (χ1n) is 5.17. The van der Waals surface area contributed by atoms with Gasteiger partial charge in [-0.1, -0.05) is 0 Å². The summed E-state index contributed by atoms with van der Waals surface area (Å²) in [4.78, 5) is 8.05. The van der Waals surface area contributed by atoms with Gasteiger partial charge in [0.1, 0.15) is 5.82 Å². The number of thiazole rings is 1. The van der Waals surface area contributed by atoms with Gasteiger partial charge in [0.05, 0.1) is 22.9 Å². The summed E-state index contributed by atoms with van der Waals surface area (Å²) < 4.78 is 13.6. The maximum Gasteiger partial charge on any atom is 0.146 e. The number of nitrogens with zero attached hydrogens (tertiary/aromatic N) is 2. The van der Waals surface area contributed by atoms with E-state index in [-0.39, 0.29) is 11.9 Å². The minimum Gasteiger partial charge on any atom is -0.271 e. The smallest absolute Gasteiger partial charge is 0.146 e. The summed E-state index contributed by atoms with van der Waals surface area (Å²) >= 11 is 1.57. The number of hydrogen-bond donors (Lipinski definition) is 2. The third kappa shape index (κ3) is 2.85. The topological polar surface area (TPSA) is 63.8 Å². The van der Waals surface area contributed by atoms with Crippen molar-refractivity contribution in [1.29, 1.82) is 0 Å². The van der Waals surface area contributed by atoms with Gasteiger partial charge in [-0.25, -0.2) is 9.37 Å². The van der Waals surface area contributed by atoms with Crippen molar-refractivity contribution in [2.75, 3.05) is 0 Å². The van der Waals surface area contributed by atoms with E-state index in [4.69, 9.17) is 5.84 Å². The molecule has 0 radical (unpaired) electrons. The molecule has 0 bridgehead atoms. The van der Waals surface area contributed by atoms with Gasteiger partial charge in [0.25, 0.3) is 0 Å². The molecule has 2 aromatic rings. The Labute approximate surface area is 103 Å². The van der Waals surface area contributed by atoms with E-state index < -0.39 is 0 Å². The molecule has 6 heteroatoms. The Morgan fingerprint density at radius 3 is 3.00 bits per heavy atom. The van der Waals surface area contributed by atoms with Crippen molar-refractivity contribution < 1.29 is 4.39 Å². The molecule has 90 valence electrons. The van der Waals surface area contributed by atoms with Crippen molar-refractivity contribution >= 4 is 11.3 Å². The highest BCUT2D eigenvalue weighted by Gasteiger charge is 2.16. The Balaban J connectivity index is 2.20. The van der Waals surface area contributed by atoms with E-state index in [1.165, 1.54) is 6.20 Å². The number of pyridine rings is 1. The van der Waals surface area contributed by atoms with Crippen LogP contribution in [0.15, 0.2) is 23.8 Å². The first-order chi connectivity index (χ1) is 8.20. The Kier molecular flexibility index (Phi) is 3.78. The summed E-state index contributed by atoms with van der Waals surface area (Å²) in [6, 6.07) is 1.33. The van der Waals surface area contributed by atoms with E-state index in [0.29, 0.717) is 12.0 Å². The Hall–Kier alpha value is -1.37. The van der Waals surface area contributed by atoms with Crippen LogP contribution < -0.4 is 11.3 Å². The lowest BCUT2D eigenvalue weighted by atomic mass is 10.0. The SMILES string of the molecule is Cc1nc(CC(NN)c2ccncc2F)cs1. The normalized spacial score (nSPS) is 12.6. The van der Waals surface area contributed by atoms with Crippen LogP contribution >= 0.6 is 11.3 Å². The molecule has 0 spiro atoms. The predicted molar refractivity (Wildman–Crippen MR) is 64.8 cm³/mol. The average molecular weight is 252 g/mol. The Morgan fingerprint density at radius 1 is 1.59 bits per heavy atom. The van der Waals surface area contributed by atoms with Gasteiger partial charge in [0.15, 0.2) is 0 Å². The van der Waals surface area contributed by atoms with Gasteiger partial charge in [-0.15, -0.1) is 11.3 Å². The van der Waals surface area contributed by atoms with Crippen LogP contribution in [0.4, 0.5) is 4.39 Å². The lowest BCUT2D eigenvalue weighted by Crippen LogP contribution is -2.30. The van der Waals surface area contributed by atoms with Gasteiger partial charge in [0, 0.05) is 23.6 Å². The molecule has 0 amide bonds. The number of halogens is 1. The molecule has 0 saturated carbocycles. The minimum absolute atomic E-state index is 0.292. The molecule has 2 heterocycles. The van der Waals surface area contributed by atoms with Crippen molar-refractivity contribution in [3.8, 4) is 0 Å². The van der Waals surface area contributed by atoms with Crippen LogP contribution in [-0.2, 0) is 6.42 Å². The second-order valence-electron chi connectivity index (χ2n) is 3.68. The van der Waals surface area contributed by atoms with Crippen LogP contribution in [0.5, 0.6) is 0 Å². The van der Waals surface area contributed by atoms with E-state index in [2.05, 4.69) is 15.4 Å².